The fraction of sp³-hybridized carbons (Fsp3) is 0.158. The maximum absolute atomic E-state index is 12.8. The summed E-state index contributed by atoms with van der Waals surface area (Å²) in [5.41, 5.74) is 1.07. The molecule has 1 amide bonds. The number of fused-ring (bicyclic) bond motifs is 2. The number of halogens is 1. The third kappa shape index (κ3) is 2.69. The highest BCUT2D eigenvalue weighted by Crippen LogP contribution is 2.33. The molecule has 0 spiro atoms. The third-order valence-corrected chi connectivity index (χ3v) is 5.84. The van der Waals surface area contributed by atoms with Crippen LogP contribution in [-0.4, -0.2) is 22.5 Å². The number of amides is 1. The molecule has 1 aliphatic carbocycles. The van der Waals surface area contributed by atoms with Crippen molar-refractivity contribution >= 4 is 44.9 Å². The lowest BCUT2D eigenvalue weighted by atomic mass is 9.95. The van der Waals surface area contributed by atoms with Crippen molar-refractivity contribution in [2.75, 3.05) is 0 Å². The molecule has 0 radical (unpaired) electrons. The molecule has 3 aromatic rings. The maximum atomic E-state index is 12.8. The van der Waals surface area contributed by atoms with Gasteiger partial charge < -0.3 is 10.4 Å². The molecule has 0 fully saturated rings. The summed E-state index contributed by atoms with van der Waals surface area (Å²) in [7, 11) is 0. The Morgan fingerprint density at radius 2 is 1.80 bits per heavy atom. The second-order valence-electron chi connectivity index (χ2n) is 6.25. The zero-order chi connectivity index (χ0) is 17.6. The molecule has 1 aliphatic rings. The van der Waals surface area contributed by atoms with Crippen molar-refractivity contribution in [1.82, 2.24) is 5.32 Å². The Morgan fingerprint density at radius 3 is 2.44 bits per heavy atom. The molecule has 1 heterocycles. The molecule has 0 saturated heterocycles. The molecular formula is C19H14ClNO3S. The van der Waals surface area contributed by atoms with Gasteiger partial charge in [-0.2, -0.15) is 0 Å². The fourth-order valence-corrected chi connectivity index (χ4v) is 4.46. The van der Waals surface area contributed by atoms with Crippen molar-refractivity contribution in [3.8, 4) is 0 Å². The van der Waals surface area contributed by atoms with Crippen LogP contribution in [0.3, 0.4) is 0 Å². The van der Waals surface area contributed by atoms with Gasteiger partial charge in [-0.3, -0.25) is 4.79 Å². The number of carboxylic acids is 1. The summed E-state index contributed by atoms with van der Waals surface area (Å²) < 4.78 is 0.939. The molecule has 0 bridgehead atoms. The van der Waals surface area contributed by atoms with E-state index in [1.807, 2.05) is 30.3 Å². The lowest BCUT2D eigenvalue weighted by Crippen LogP contribution is -2.55. The van der Waals surface area contributed by atoms with E-state index in [-0.39, 0.29) is 18.7 Å². The molecule has 25 heavy (non-hydrogen) atoms. The van der Waals surface area contributed by atoms with Crippen molar-refractivity contribution in [3.63, 3.8) is 0 Å². The van der Waals surface area contributed by atoms with Gasteiger partial charge in [0.05, 0.1) is 5.56 Å². The van der Waals surface area contributed by atoms with Gasteiger partial charge in [0.25, 0.3) is 5.91 Å². The van der Waals surface area contributed by atoms with Gasteiger partial charge in [0.15, 0.2) is 0 Å². The summed E-state index contributed by atoms with van der Waals surface area (Å²) in [6.07, 6.45) is 0.570. The average Bonchev–Trinajstić information content (AvgIpc) is 3.15. The highest BCUT2D eigenvalue weighted by Gasteiger charge is 2.45. The Kier molecular flexibility index (Phi) is 3.78. The van der Waals surface area contributed by atoms with Crippen molar-refractivity contribution in [1.29, 1.82) is 0 Å². The van der Waals surface area contributed by atoms with Crippen molar-refractivity contribution in [2.45, 2.75) is 18.4 Å². The topological polar surface area (TPSA) is 66.4 Å². The zero-order valence-electron chi connectivity index (χ0n) is 13.1. The van der Waals surface area contributed by atoms with Crippen molar-refractivity contribution in [2.24, 2.45) is 0 Å². The SMILES string of the molecule is O=C(NC1(C(=O)O)Cc2ccccc2C1)c1csc2ccc(Cl)cc12. The molecule has 2 aromatic carbocycles. The zero-order valence-corrected chi connectivity index (χ0v) is 14.7. The quantitative estimate of drug-likeness (QED) is 0.733. The van der Waals surface area contributed by atoms with Gasteiger partial charge in [-0.05, 0) is 29.3 Å². The molecule has 4 nitrogen and oxygen atoms in total. The minimum absolute atomic E-state index is 0.285. The van der Waals surface area contributed by atoms with Gasteiger partial charge in [0.1, 0.15) is 5.54 Å². The Balaban J connectivity index is 1.69. The summed E-state index contributed by atoms with van der Waals surface area (Å²) in [6, 6.07) is 12.9. The number of rotatable bonds is 3. The minimum Gasteiger partial charge on any atom is -0.479 e. The van der Waals surface area contributed by atoms with Crippen LogP contribution >= 0.6 is 22.9 Å². The highest BCUT2D eigenvalue weighted by atomic mass is 35.5. The Morgan fingerprint density at radius 1 is 1.12 bits per heavy atom. The number of benzene rings is 2. The minimum atomic E-state index is -1.31. The van der Waals surface area contributed by atoms with E-state index in [1.165, 1.54) is 11.3 Å². The first-order chi connectivity index (χ1) is 12.0. The first-order valence-electron chi connectivity index (χ1n) is 7.78. The number of thiophene rings is 1. The van der Waals surface area contributed by atoms with Gasteiger partial charge in [0.2, 0.25) is 0 Å². The van der Waals surface area contributed by atoms with Crippen LogP contribution in [0.4, 0.5) is 0 Å². The predicted octanol–water partition coefficient (Wildman–Crippen LogP) is 3.91. The van der Waals surface area contributed by atoms with Gasteiger partial charge in [-0.25, -0.2) is 4.79 Å². The van der Waals surface area contributed by atoms with E-state index in [4.69, 9.17) is 11.6 Å². The molecular weight excluding hydrogens is 358 g/mol. The van der Waals surface area contributed by atoms with E-state index in [0.717, 1.165) is 21.2 Å². The number of hydrogen-bond donors (Lipinski definition) is 2. The summed E-state index contributed by atoms with van der Waals surface area (Å²) in [5, 5.41) is 15.6. The first kappa shape index (κ1) is 16.1. The predicted molar refractivity (Wildman–Crippen MR) is 98.5 cm³/mol. The molecule has 1 aromatic heterocycles. The maximum Gasteiger partial charge on any atom is 0.330 e. The lowest BCUT2D eigenvalue weighted by Gasteiger charge is -2.25. The van der Waals surface area contributed by atoms with Crippen LogP contribution < -0.4 is 5.32 Å². The van der Waals surface area contributed by atoms with Crippen LogP contribution in [0.15, 0.2) is 47.8 Å². The number of carbonyl (C=O) groups excluding carboxylic acids is 1. The molecule has 2 N–H and O–H groups in total. The van der Waals surface area contributed by atoms with Gasteiger partial charge in [-0.15, -0.1) is 11.3 Å². The van der Waals surface area contributed by atoms with Crippen LogP contribution in [-0.2, 0) is 17.6 Å². The van der Waals surface area contributed by atoms with E-state index >= 15 is 0 Å². The average molecular weight is 372 g/mol. The largest absolute Gasteiger partial charge is 0.479 e. The number of nitrogens with one attached hydrogen (secondary N) is 1. The first-order valence-corrected chi connectivity index (χ1v) is 9.04. The van der Waals surface area contributed by atoms with E-state index in [1.54, 1.807) is 17.5 Å². The van der Waals surface area contributed by atoms with Crippen LogP contribution in [0.25, 0.3) is 10.1 Å². The van der Waals surface area contributed by atoms with Crippen LogP contribution in [0.2, 0.25) is 5.02 Å². The standard InChI is InChI=1S/C19H14ClNO3S/c20-13-5-6-16-14(7-13)15(10-25-16)17(22)21-19(18(23)24)8-11-3-1-2-4-12(11)9-19/h1-7,10H,8-9H2,(H,21,22)(H,23,24). The normalized spacial score (nSPS) is 15.1. The van der Waals surface area contributed by atoms with Crippen LogP contribution in [0.1, 0.15) is 21.5 Å². The van der Waals surface area contributed by atoms with Crippen molar-refractivity contribution in [3.05, 3.63) is 69.6 Å². The number of aliphatic carboxylic acids is 1. The monoisotopic (exact) mass is 371 g/mol. The van der Waals surface area contributed by atoms with Crippen LogP contribution in [0, 0.1) is 0 Å². The molecule has 126 valence electrons. The van der Waals surface area contributed by atoms with E-state index in [2.05, 4.69) is 5.32 Å². The second kappa shape index (κ2) is 5.86. The van der Waals surface area contributed by atoms with Crippen LogP contribution in [0.5, 0.6) is 0 Å². The number of hydrogen-bond acceptors (Lipinski definition) is 3. The summed E-state index contributed by atoms with van der Waals surface area (Å²) in [6.45, 7) is 0. The van der Waals surface area contributed by atoms with Gasteiger partial charge in [-0.1, -0.05) is 35.9 Å². The lowest BCUT2D eigenvalue weighted by molar-refractivity contribution is -0.144. The fourth-order valence-electron chi connectivity index (χ4n) is 3.37. The molecule has 0 atom stereocenters. The van der Waals surface area contributed by atoms with E-state index in [9.17, 15) is 14.7 Å². The van der Waals surface area contributed by atoms with Gasteiger partial charge in [0, 0.05) is 33.3 Å². The second-order valence-corrected chi connectivity index (χ2v) is 7.60. The van der Waals surface area contributed by atoms with E-state index in [0.29, 0.717) is 10.6 Å². The molecule has 0 aliphatic heterocycles. The Bertz CT molecular complexity index is 986. The smallest absolute Gasteiger partial charge is 0.330 e. The Labute approximate surface area is 153 Å². The summed E-state index contributed by atoms with van der Waals surface area (Å²) in [4.78, 5) is 24.8. The van der Waals surface area contributed by atoms with E-state index < -0.39 is 11.5 Å². The number of carboxylic acid groups (broad SMARTS) is 1. The molecule has 0 saturated carbocycles. The molecule has 4 rings (SSSR count). The van der Waals surface area contributed by atoms with Gasteiger partial charge >= 0.3 is 5.97 Å². The molecule has 0 unspecified atom stereocenters. The summed E-state index contributed by atoms with van der Waals surface area (Å²) in [5.74, 6) is -1.40. The Hall–Kier alpha value is -2.37. The summed E-state index contributed by atoms with van der Waals surface area (Å²) >= 11 is 7.48. The molecule has 6 heteroatoms. The van der Waals surface area contributed by atoms with Crippen molar-refractivity contribution < 1.29 is 14.7 Å². The highest BCUT2D eigenvalue weighted by molar-refractivity contribution is 7.17. The third-order valence-electron chi connectivity index (χ3n) is 4.65. The number of carbonyl (C=O) groups is 2.